The minimum absolute atomic E-state index is 0.0324. The van der Waals surface area contributed by atoms with Crippen molar-refractivity contribution < 1.29 is 4.79 Å². The van der Waals surface area contributed by atoms with Crippen LogP contribution in [0.15, 0.2) is 0 Å². The van der Waals surface area contributed by atoms with Crippen molar-refractivity contribution in [2.24, 2.45) is 5.92 Å². The molecule has 0 amide bonds. The second-order valence-corrected chi connectivity index (χ2v) is 7.83. The lowest BCUT2D eigenvalue weighted by Crippen LogP contribution is -2.38. The Morgan fingerprint density at radius 3 is 1.36 bits per heavy atom. The van der Waals surface area contributed by atoms with Gasteiger partial charge in [0.2, 0.25) is 0 Å². The average molecular weight is 286 g/mol. The van der Waals surface area contributed by atoms with Crippen LogP contribution in [0.2, 0.25) is 0 Å². The predicted octanol–water partition coefficient (Wildman–Crippen LogP) is 3.15. The lowest BCUT2D eigenvalue weighted by molar-refractivity contribution is -0.112. The van der Waals surface area contributed by atoms with Gasteiger partial charge in [0.1, 0.15) is 6.29 Å². The topological polar surface area (TPSA) is 17.1 Å². The summed E-state index contributed by atoms with van der Waals surface area (Å²) in [5, 5.41) is 0. The summed E-state index contributed by atoms with van der Waals surface area (Å²) in [6.07, 6.45) is 0.990. The van der Waals surface area contributed by atoms with Crippen molar-refractivity contribution in [3.8, 4) is 0 Å². The number of halogens is 2. The number of carbonyl (C=O) groups is 1. The van der Waals surface area contributed by atoms with Crippen LogP contribution in [-0.2, 0) is 4.79 Å². The Labute approximate surface area is 85.2 Å². The molecule has 3 heteroatoms. The summed E-state index contributed by atoms with van der Waals surface area (Å²) in [5.41, 5.74) is 0. The summed E-state index contributed by atoms with van der Waals surface area (Å²) in [4.78, 5) is 10.7. The highest BCUT2D eigenvalue weighted by Crippen LogP contribution is 2.38. The molecule has 0 aliphatic carbocycles. The molecular weight excluding hydrogens is 272 g/mol. The van der Waals surface area contributed by atoms with E-state index in [1.165, 1.54) is 0 Å². The van der Waals surface area contributed by atoms with E-state index in [2.05, 4.69) is 31.9 Å². The van der Waals surface area contributed by atoms with Crippen molar-refractivity contribution in [2.45, 2.75) is 36.3 Å². The molecule has 0 aliphatic heterocycles. The number of aldehydes is 1. The molecule has 0 heterocycles. The monoisotopic (exact) mass is 284 g/mol. The molecule has 0 unspecified atom stereocenters. The van der Waals surface area contributed by atoms with Gasteiger partial charge in [0.05, 0.1) is 0 Å². The van der Waals surface area contributed by atoms with Crippen molar-refractivity contribution >= 4 is 38.1 Å². The van der Waals surface area contributed by atoms with Crippen LogP contribution in [-0.4, -0.2) is 14.9 Å². The lowest BCUT2D eigenvalue weighted by Gasteiger charge is -2.33. The molecule has 11 heavy (non-hydrogen) atoms. The quantitative estimate of drug-likeness (QED) is 0.575. The number of hydrogen-bond acceptors (Lipinski definition) is 1. The van der Waals surface area contributed by atoms with Crippen LogP contribution < -0.4 is 0 Å². The van der Waals surface area contributed by atoms with Crippen molar-refractivity contribution in [3.63, 3.8) is 0 Å². The van der Waals surface area contributed by atoms with Gasteiger partial charge in [-0.1, -0.05) is 31.9 Å². The molecule has 0 fully saturated rings. The van der Waals surface area contributed by atoms with E-state index in [9.17, 15) is 4.79 Å². The summed E-state index contributed by atoms with van der Waals surface area (Å²) in [5.74, 6) is -0.0324. The summed E-state index contributed by atoms with van der Waals surface area (Å²) in [7, 11) is 0. The molecule has 1 nitrogen and oxygen atoms in total. The fraction of sp³-hybridized carbons (Fsp3) is 0.875. The second-order valence-electron chi connectivity index (χ2n) is 3.74. The molecule has 0 aromatic rings. The van der Waals surface area contributed by atoms with E-state index in [1.54, 1.807) is 0 Å². The maximum absolute atomic E-state index is 10.7. The molecule has 66 valence electrons. The van der Waals surface area contributed by atoms with Gasteiger partial charge in [0, 0.05) is 14.6 Å². The molecule has 0 rings (SSSR count). The third kappa shape index (κ3) is 3.70. The summed E-state index contributed by atoms with van der Waals surface area (Å²) < 4.78 is -0.302. The van der Waals surface area contributed by atoms with Crippen LogP contribution in [0, 0.1) is 5.92 Å². The van der Waals surface area contributed by atoms with Crippen molar-refractivity contribution in [3.05, 3.63) is 0 Å². The smallest absolute Gasteiger partial charge is 0.125 e. The number of carbonyl (C=O) groups excluding carboxylic acids is 1. The number of alkyl halides is 2. The highest BCUT2D eigenvalue weighted by Gasteiger charge is 2.37. The van der Waals surface area contributed by atoms with Gasteiger partial charge < -0.3 is 4.79 Å². The Kier molecular flexibility index (Phi) is 3.77. The first-order valence-corrected chi connectivity index (χ1v) is 5.11. The van der Waals surface area contributed by atoms with E-state index in [0.717, 1.165) is 6.29 Å². The summed E-state index contributed by atoms with van der Waals surface area (Å²) in [6.45, 7) is 7.98. The maximum Gasteiger partial charge on any atom is 0.125 e. The van der Waals surface area contributed by atoms with Gasteiger partial charge in [-0.2, -0.15) is 0 Å². The van der Waals surface area contributed by atoms with Crippen molar-refractivity contribution in [1.82, 2.24) is 0 Å². The van der Waals surface area contributed by atoms with Crippen molar-refractivity contribution in [2.75, 3.05) is 0 Å². The molecular formula is C8H14Br2O. The lowest BCUT2D eigenvalue weighted by atomic mass is 9.86. The van der Waals surface area contributed by atoms with Gasteiger partial charge in [-0.05, 0) is 27.7 Å². The van der Waals surface area contributed by atoms with E-state index in [0.29, 0.717) is 0 Å². The molecule has 0 saturated heterocycles. The first-order chi connectivity index (χ1) is 4.69. The molecule has 0 N–H and O–H groups in total. The zero-order valence-electron chi connectivity index (χ0n) is 7.32. The van der Waals surface area contributed by atoms with E-state index >= 15 is 0 Å². The first-order valence-electron chi connectivity index (χ1n) is 3.52. The van der Waals surface area contributed by atoms with Crippen LogP contribution in [0.5, 0.6) is 0 Å². The standard InChI is InChI=1S/C8H14Br2O/c1-7(2,9)6(5-11)8(3,4)10/h5-6H,1-4H3. The Balaban J connectivity index is 4.56. The largest absolute Gasteiger partial charge is 0.303 e. The summed E-state index contributed by atoms with van der Waals surface area (Å²) in [6, 6.07) is 0. The Hall–Kier alpha value is 0.630. The Morgan fingerprint density at radius 2 is 1.36 bits per heavy atom. The SMILES string of the molecule is CC(C)(Br)C(C=O)C(C)(C)Br. The van der Waals surface area contributed by atoms with Crippen LogP contribution in [0.25, 0.3) is 0 Å². The number of rotatable bonds is 3. The van der Waals surface area contributed by atoms with E-state index in [4.69, 9.17) is 0 Å². The summed E-state index contributed by atoms with van der Waals surface area (Å²) >= 11 is 6.96. The van der Waals surface area contributed by atoms with Gasteiger partial charge in [0.25, 0.3) is 0 Å². The van der Waals surface area contributed by atoms with E-state index in [-0.39, 0.29) is 14.6 Å². The molecule has 0 radical (unpaired) electrons. The van der Waals surface area contributed by atoms with E-state index in [1.807, 2.05) is 27.7 Å². The van der Waals surface area contributed by atoms with Crippen LogP contribution in [0.3, 0.4) is 0 Å². The molecule has 0 saturated carbocycles. The predicted molar refractivity (Wildman–Crippen MR) is 55.6 cm³/mol. The minimum atomic E-state index is -0.151. The third-order valence-electron chi connectivity index (χ3n) is 1.62. The van der Waals surface area contributed by atoms with Gasteiger partial charge in [-0.3, -0.25) is 0 Å². The van der Waals surface area contributed by atoms with Crippen molar-refractivity contribution in [1.29, 1.82) is 0 Å². The zero-order valence-corrected chi connectivity index (χ0v) is 10.5. The molecule has 0 aromatic heterocycles. The fourth-order valence-electron chi connectivity index (χ4n) is 1.14. The minimum Gasteiger partial charge on any atom is -0.303 e. The molecule has 0 bridgehead atoms. The van der Waals surface area contributed by atoms with Gasteiger partial charge in [-0.25, -0.2) is 0 Å². The Bertz CT molecular complexity index is 127. The van der Waals surface area contributed by atoms with Gasteiger partial charge >= 0.3 is 0 Å². The fourth-order valence-corrected chi connectivity index (χ4v) is 2.81. The second kappa shape index (κ2) is 3.56. The first kappa shape index (κ1) is 11.6. The Morgan fingerprint density at radius 1 is 1.09 bits per heavy atom. The third-order valence-corrected chi connectivity index (χ3v) is 2.60. The highest BCUT2D eigenvalue weighted by atomic mass is 79.9. The van der Waals surface area contributed by atoms with Gasteiger partial charge in [0.15, 0.2) is 0 Å². The average Bonchev–Trinajstić information content (AvgIpc) is 1.56. The molecule has 0 spiro atoms. The van der Waals surface area contributed by atoms with Crippen LogP contribution >= 0.6 is 31.9 Å². The van der Waals surface area contributed by atoms with Gasteiger partial charge in [-0.15, -0.1) is 0 Å². The maximum atomic E-state index is 10.7. The molecule has 0 atom stereocenters. The zero-order chi connectivity index (χ0) is 9.28. The van der Waals surface area contributed by atoms with E-state index < -0.39 is 0 Å². The number of hydrogen-bond donors (Lipinski definition) is 0. The van der Waals surface area contributed by atoms with Crippen LogP contribution in [0.1, 0.15) is 27.7 Å². The molecule has 0 aromatic carbocycles. The van der Waals surface area contributed by atoms with Crippen LogP contribution in [0.4, 0.5) is 0 Å². The molecule has 0 aliphatic rings. The highest BCUT2D eigenvalue weighted by molar-refractivity contribution is 9.10. The normalized spacial score (nSPS) is 13.7.